The number of hydrogen-bond acceptors (Lipinski definition) is 2. The lowest BCUT2D eigenvalue weighted by Crippen LogP contribution is -2.20. The molecule has 0 bridgehead atoms. The molecule has 1 atom stereocenters. The molecule has 1 aliphatic rings. The first-order valence-corrected chi connectivity index (χ1v) is 5.15. The van der Waals surface area contributed by atoms with Gasteiger partial charge in [0.25, 0.3) is 0 Å². The largest absolute Gasteiger partial charge is 0.359 e. The molecule has 16 heavy (non-hydrogen) atoms. The molecule has 0 radical (unpaired) electrons. The smallest absolute Gasteiger partial charge is 0.220 e. The molecule has 2 rings (SSSR count). The van der Waals surface area contributed by atoms with E-state index in [0.29, 0.717) is 11.1 Å². The fraction of sp³-hybridized carbons (Fsp3) is 0.333. The molecule has 1 unspecified atom stereocenters. The molecule has 1 N–H and O–H groups in total. The summed E-state index contributed by atoms with van der Waals surface area (Å²) in [6.07, 6.45) is 0.389. The highest BCUT2D eigenvalue weighted by Crippen LogP contribution is 2.36. The number of carbonyl (C=O) groups is 2. The zero-order valence-corrected chi connectivity index (χ0v) is 8.92. The van der Waals surface area contributed by atoms with Crippen LogP contribution >= 0.6 is 0 Å². The number of carbonyl (C=O) groups excluding carboxylic acids is 2. The van der Waals surface area contributed by atoms with Crippen LogP contribution < -0.4 is 5.32 Å². The monoisotopic (exact) mass is 221 g/mol. The predicted octanol–water partition coefficient (Wildman–Crippen LogP) is 1.63. The third-order valence-electron chi connectivity index (χ3n) is 2.90. The molecule has 1 aromatic rings. The number of ketones is 1. The van der Waals surface area contributed by atoms with Crippen molar-refractivity contribution in [3.8, 4) is 0 Å². The minimum absolute atomic E-state index is 0.0802. The average molecular weight is 221 g/mol. The van der Waals surface area contributed by atoms with Crippen LogP contribution in [0.3, 0.4) is 0 Å². The van der Waals surface area contributed by atoms with E-state index in [2.05, 4.69) is 5.32 Å². The molecule has 0 saturated heterocycles. The quantitative estimate of drug-likeness (QED) is 0.825. The van der Waals surface area contributed by atoms with Crippen molar-refractivity contribution in [1.29, 1.82) is 0 Å². The van der Waals surface area contributed by atoms with Crippen LogP contribution in [0.2, 0.25) is 0 Å². The maximum absolute atomic E-state index is 13.6. The van der Waals surface area contributed by atoms with Crippen LogP contribution in [0, 0.1) is 5.82 Å². The zero-order valence-electron chi connectivity index (χ0n) is 8.92. The fourth-order valence-electron chi connectivity index (χ4n) is 2.13. The van der Waals surface area contributed by atoms with Gasteiger partial charge in [-0.15, -0.1) is 0 Å². The van der Waals surface area contributed by atoms with E-state index >= 15 is 0 Å². The number of rotatable bonds is 2. The summed E-state index contributed by atoms with van der Waals surface area (Å²) in [5.41, 5.74) is 0.824. The van der Waals surface area contributed by atoms with Gasteiger partial charge in [-0.3, -0.25) is 9.59 Å². The SMILES string of the molecule is CNC(=O)CC1CC(=O)c2cccc(F)c21. The standard InChI is InChI=1S/C12H12FNO2/c1-14-11(16)6-7-5-10(15)8-3-2-4-9(13)12(7)8/h2-4,7H,5-6H2,1H3,(H,14,16). The van der Waals surface area contributed by atoms with Gasteiger partial charge in [0.2, 0.25) is 5.91 Å². The van der Waals surface area contributed by atoms with Crippen LogP contribution in [0.25, 0.3) is 0 Å². The van der Waals surface area contributed by atoms with Gasteiger partial charge < -0.3 is 5.32 Å². The van der Waals surface area contributed by atoms with Crippen LogP contribution in [0.15, 0.2) is 18.2 Å². The molecule has 0 aromatic heterocycles. The second-order valence-corrected chi connectivity index (χ2v) is 3.90. The Morgan fingerprint density at radius 2 is 2.31 bits per heavy atom. The summed E-state index contributed by atoms with van der Waals surface area (Å²) in [5, 5.41) is 2.48. The number of fused-ring (bicyclic) bond motifs is 1. The highest BCUT2D eigenvalue weighted by Gasteiger charge is 2.32. The molecular formula is C12H12FNO2. The minimum atomic E-state index is -0.391. The van der Waals surface area contributed by atoms with Crippen molar-refractivity contribution >= 4 is 11.7 Å². The first-order chi connectivity index (χ1) is 7.63. The van der Waals surface area contributed by atoms with E-state index in [4.69, 9.17) is 0 Å². The lowest BCUT2D eigenvalue weighted by Gasteiger charge is -2.09. The summed E-state index contributed by atoms with van der Waals surface area (Å²) in [6.45, 7) is 0. The lowest BCUT2D eigenvalue weighted by atomic mass is 9.97. The summed E-state index contributed by atoms with van der Waals surface area (Å²) < 4.78 is 13.6. The van der Waals surface area contributed by atoms with Crippen molar-refractivity contribution in [2.75, 3.05) is 7.05 Å². The average Bonchev–Trinajstić information content (AvgIpc) is 2.57. The number of nitrogens with one attached hydrogen (secondary N) is 1. The van der Waals surface area contributed by atoms with Gasteiger partial charge in [-0.25, -0.2) is 4.39 Å². The van der Waals surface area contributed by atoms with Gasteiger partial charge in [0.1, 0.15) is 5.82 Å². The van der Waals surface area contributed by atoms with E-state index in [1.54, 1.807) is 6.07 Å². The summed E-state index contributed by atoms with van der Waals surface area (Å²) in [4.78, 5) is 22.9. The highest BCUT2D eigenvalue weighted by atomic mass is 19.1. The second-order valence-electron chi connectivity index (χ2n) is 3.90. The zero-order chi connectivity index (χ0) is 11.7. The Morgan fingerprint density at radius 3 is 3.00 bits per heavy atom. The normalized spacial score (nSPS) is 18.4. The molecule has 84 valence electrons. The van der Waals surface area contributed by atoms with E-state index in [1.165, 1.54) is 19.2 Å². The van der Waals surface area contributed by atoms with E-state index in [-0.39, 0.29) is 30.4 Å². The Hall–Kier alpha value is -1.71. The third kappa shape index (κ3) is 1.71. The number of Topliss-reactive ketones (excluding diaryl/α,β-unsaturated/α-hetero) is 1. The van der Waals surface area contributed by atoms with E-state index in [0.717, 1.165) is 0 Å². The molecule has 0 fully saturated rings. The number of benzene rings is 1. The number of amides is 1. The molecule has 0 saturated carbocycles. The Kier molecular flexibility index (Phi) is 2.73. The summed E-state index contributed by atoms with van der Waals surface area (Å²) in [5.74, 6) is -0.960. The van der Waals surface area contributed by atoms with Gasteiger partial charge >= 0.3 is 0 Å². The van der Waals surface area contributed by atoms with Crippen LogP contribution in [0.4, 0.5) is 4.39 Å². The van der Waals surface area contributed by atoms with Gasteiger partial charge in [0.05, 0.1) is 0 Å². The molecule has 4 heteroatoms. The van der Waals surface area contributed by atoms with Gasteiger partial charge in [-0.2, -0.15) is 0 Å². The Bertz CT molecular complexity index is 456. The van der Waals surface area contributed by atoms with E-state index in [1.807, 2.05) is 0 Å². The van der Waals surface area contributed by atoms with Crippen LogP contribution in [0.5, 0.6) is 0 Å². The summed E-state index contributed by atoms with van der Waals surface area (Å²) in [6, 6.07) is 4.47. The van der Waals surface area contributed by atoms with E-state index in [9.17, 15) is 14.0 Å². The van der Waals surface area contributed by atoms with Gasteiger partial charge in [0.15, 0.2) is 5.78 Å². The van der Waals surface area contributed by atoms with Crippen molar-refractivity contribution in [2.45, 2.75) is 18.8 Å². The number of hydrogen-bond donors (Lipinski definition) is 1. The predicted molar refractivity (Wildman–Crippen MR) is 56.8 cm³/mol. The van der Waals surface area contributed by atoms with Gasteiger partial charge in [0, 0.05) is 36.9 Å². The molecular weight excluding hydrogens is 209 g/mol. The molecule has 1 aromatic carbocycles. The molecule has 3 nitrogen and oxygen atoms in total. The minimum Gasteiger partial charge on any atom is -0.359 e. The van der Waals surface area contributed by atoms with Gasteiger partial charge in [-0.05, 0) is 6.07 Å². The summed E-state index contributed by atoms with van der Waals surface area (Å²) in [7, 11) is 1.53. The highest BCUT2D eigenvalue weighted by molar-refractivity contribution is 6.02. The van der Waals surface area contributed by atoms with Crippen molar-refractivity contribution in [2.24, 2.45) is 0 Å². The second kappa shape index (κ2) is 4.04. The van der Waals surface area contributed by atoms with E-state index < -0.39 is 5.82 Å². The molecule has 0 aliphatic heterocycles. The Morgan fingerprint density at radius 1 is 1.56 bits per heavy atom. The summed E-state index contributed by atoms with van der Waals surface area (Å²) >= 11 is 0. The van der Waals surface area contributed by atoms with Crippen LogP contribution in [0.1, 0.15) is 34.7 Å². The van der Waals surface area contributed by atoms with Crippen molar-refractivity contribution in [3.63, 3.8) is 0 Å². The van der Waals surface area contributed by atoms with Crippen LogP contribution in [-0.2, 0) is 4.79 Å². The van der Waals surface area contributed by atoms with Crippen LogP contribution in [-0.4, -0.2) is 18.7 Å². The first kappa shape index (κ1) is 10.8. The topological polar surface area (TPSA) is 46.2 Å². The molecule has 0 spiro atoms. The Labute approximate surface area is 92.7 Å². The van der Waals surface area contributed by atoms with Crippen molar-refractivity contribution < 1.29 is 14.0 Å². The Balaban J connectivity index is 2.35. The molecule has 1 amide bonds. The molecule has 0 heterocycles. The van der Waals surface area contributed by atoms with Gasteiger partial charge in [-0.1, -0.05) is 12.1 Å². The third-order valence-corrected chi connectivity index (χ3v) is 2.90. The fourth-order valence-corrected chi connectivity index (χ4v) is 2.13. The molecule has 1 aliphatic carbocycles. The number of halogens is 1. The maximum Gasteiger partial charge on any atom is 0.220 e. The van der Waals surface area contributed by atoms with Crippen molar-refractivity contribution in [1.82, 2.24) is 5.32 Å². The lowest BCUT2D eigenvalue weighted by molar-refractivity contribution is -0.120. The first-order valence-electron chi connectivity index (χ1n) is 5.15. The van der Waals surface area contributed by atoms with Crippen molar-refractivity contribution in [3.05, 3.63) is 35.1 Å². The maximum atomic E-state index is 13.6.